The molecule has 0 bridgehead atoms. The number of amides is 1. The highest BCUT2D eigenvalue weighted by atomic mass is 32.2. The van der Waals surface area contributed by atoms with Gasteiger partial charge >= 0.3 is 16.3 Å². The third kappa shape index (κ3) is 7.16. The van der Waals surface area contributed by atoms with Crippen LogP contribution in [0.4, 0.5) is 13.2 Å². The molecule has 0 aromatic heterocycles. The zero-order valence-corrected chi connectivity index (χ0v) is 23.0. The highest BCUT2D eigenvalue weighted by Crippen LogP contribution is 2.35. The number of rotatable bonds is 12. The van der Waals surface area contributed by atoms with E-state index in [1.165, 1.54) is 45.5 Å². The number of alkyl halides is 3. The summed E-state index contributed by atoms with van der Waals surface area (Å²) in [5.41, 5.74) is -0.522. The summed E-state index contributed by atoms with van der Waals surface area (Å²) < 4.78 is 91.5. The first kappa shape index (κ1) is 30.6. The molecule has 0 saturated carbocycles. The fraction of sp³-hybridized carbons (Fsp3) is 0.296. The van der Waals surface area contributed by atoms with Crippen LogP contribution in [0.2, 0.25) is 0 Å². The molecule has 40 heavy (non-hydrogen) atoms. The Bertz CT molecular complexity index is 1420. The lowest BCUT2D eigenvalue weighted by molar-refractivity contribution is -0.137. The summed E-state index contributed by atoms with van der Waals surface area (Å²) in [6, 6.07) is 12.4. The van der Waals surface area contributed by atoms with Crippen LogP contribution in [-0.4, -0.2) is 60.8 Å². The summed E-state index contributed by atoms with van der Waals surface area (Å²) in [6.45, 7) is 0.321. The van der Waals surface area contributed by atoms with Crippen molar-refractivity contribution >= 4 is 16.0 Å². The van der Waals surface area contributed by atoms with Crippen LogP contribution >= 0.6 is 0 Å². The molecule has 0 saturated heterocycles. The van der Waals surface area contributed by atoms with E-state index < -0.39 is 32.7 Å². The molecule has 3 aromatic rings. The highest BCUT2D eigenvalue weighted by Gasteiger charge is 2.32. The maximum absolute atomic E-state index is 13.6. The van der Waals surface area contributed by atoms with Gasteiger partial charge in [0, 0.05) is 20.2 Å². The molecule has 216 valence electrons. The lowest BCUT2D eigenvalue weighted by Crippen LogP contribution is -2.34. The number of benzene rings is 3. The van der Waals surface area contributed by atoms with Gasteiger partial charge in [0.15, 0.2) is 11.5 Å². The Morgan fingerprint density at radius 3 is 2.02 bits per heavy atom. The average Bonchev–Trinajstić information content (AvgIpc) is 2.93. The second kappa shape index (κ2) is 12.9. The van der Waals surface area contributed by atoms with Gasteiger partial charge in [-0.3, -0.25) is 4.79 Å². The molecule has 0 unspecified atom stereocenters. The Kier molecular flexibility index (Phi) is 9.88. The summed E-state index contributed by atoms with van der Waals surface area (Å²) >= 11 is 0. The van der Waals surface area contributed by atoms with Crippen molar-refractivity contribution in [2.45, 2.75) is 17.6 Å². The van der Waals surface area contributed by atoms with Crippen LogP contribution in [-0.2, 0) is 27.6 Å². The van der Waals surface area contributed by atoms with Gasteiger partial charge in [0.05, 0.1) is 33.5 Å². The molecule has 0 atom stereocenters. The predicted molar refractivity (Wildman–Crippen MR) is 138 cm³/mol. The van der Waals surface area contributed by atoms with E-state index in [1.807, 2.05) is 0 Å². The Labute approximate surface area is 230 Å². The van der Waals surface area contributed by atoms with Crippen molar-refractivity contribution in [1.82, 2.24) is 4.90 Å². The van der Waals surface area contributed by atoms with Crippen molar-refractivity contribution in [3.63, 3.8) is 0 Å². The second-order valence-corrected chi connectivity index (χ2v) is 9.85. The largest absolute Gasteiger partial charge is 0.496 e. The molecular weight excluding hydrogens is 555 g/mol. The van der Waals surface area contributed by atoms with Crippen molar-refractivity contribution in [2.24, 2.45) is 0 Å². The van der Waals surface area contributed by atoms with Crippen molar-refractivity contribution in [2.75, 3.05) is 41.6 Å². The van der Waals surface area contributed by atoms with Crippen molar-refractivity contribution in [3.05, 3.63) is 77.4 Å². The molecule has 1 amide bonds. The fourth-order valence-electron chi connectivity index (χ4n) is 3.77. The van der Waals surface area contributed by atoms with E-state index in [2.05, 4.69) is 0 Å². The SMILES string of the molecule is COCCN(Cc1ccc(OC)c(OS(=O)(=O)c2cccc(C(F)(F)F)c2)c1)C(=O)c1c(OC)cccc1OC. The van der Waals surface area contributed by atoms with Gasteiger partial charge in [-0.1, -0.05) is 18.2 Å². The fourth-order valence-corrected chi connectivity index (χ4v) is 4.75. The molecule has 0 N–H and O–H groups in total. The van der Waals surface area contributed by atoms with Gasteiger partial charge in [-0.25, -0.2) is 0 Å². The zero-order valence-electron chi connectivity index (χ0n) is 22.2. The van der Waals surface area contributed by atoms with Gasteiger partial charge in [-0.05, 0) is 48.0 Å². The van der Waals surface area contributed by atoms with E-state index in [0.29, 0.717) is 11.6 Å². The molecule has 0 aliphatic heterocycles. The molecule has 0 aliphatic carbocycles. The Morgan fingerprint density at radius 1 is 0.825 bits per heavy atom. The molecule has 9 nitrogen and oxygen atoms in total. The summed E-state index contributed by atoms with van der Waals surface area (Å²) in [4.78, 5) is 14.4. The lowest BCUT2D eigenvalue weighted by atomic mass is 10.1. The minimum atomic E-state index is -4.74. The normalized spacial score (nSPS) is 11.6. The van der Waals surface area contributed by atoms with Crippen LogP contribution in [0.15, 0.2) is 65.6 Å². The maximum atomic E-state index is 13.6. The summed E-state index contributed by atoms with van der Waals surface area (Å²) in [6.07, 6.45) is -4.74. The van der Waals surface area contributed by atoms with E-state index >= 15 is 0 Å². The number of carbonyl (C=O) groups excluding carboxylic acids is 1. The first-order chi connectivity index (χ1) is 18.9. The maximum Gasteiger partial charge on any atom is 0.416 e. The molecule has 0 spiro atoms. The van der Waals surface area contributed by atoms with Crippen LogP contribution < -0.4 is 18.4 Å². The number of hydrogen-bond acceptors (Lipinski definition) is 8. The molecule has 0 heterocycles. The summed E-state index contributed by atoms with van der Waals surface area (Å²) in [5.74, 6) is -0.122. The van der Waals surface area contributed by atoms with E-state index in [0.717, 1.165) is 18.2 Å². The van der Waals surface area contributed by atoms with Crippen molar-refractivity contribution in [3.8, 4) is 23.0 Å². The van der Waals surface area contributed by atoms with Gasteiger partial charge in [0.25, 0.3) is 5.91 Å². The monoisotopic (exact) mass is 583 g/mol. The van der Waals surface area contributed by atoms with Gasteiger partial charge in [-0.2, -0.15) is 21.6 Å². The van der Waals surface area contributed by atoms with E-state index in [9.17, 15) is 26.4 Å². The molecule has 3 aromatic carbocycles. The van der Waals surface area contributed by atoms with Crippen molar-refractivity contribution < 1.29 is 49.5 Å². The Hall–Kier alpha value is -3.97. The summed E-state index contributed by atoms with van der Waals surface area (Å²) in [5, 5.41) is 0. The van der Waals surface area contributed by atoms with E-state index in [1.54, 1.807) is 24.3 Å². The van der Waals surface area contributed by atoms with Crippen LogP contribution in [0, 0.1) is 0 Å². The molecule has 13 heteroatoms. The topological polar surface area (TPSA) is 101 Å². The average molecular weight is 584 g/mol. The second-order valence-electron chi connectivity index (χ2n) is 8.31. The van der Waals surface area contributed by atoms with Crippen LogP contribution in [0.5, 0.6) is 23.0 Å². The predicted octanol–water partition coefficient (Wildman–Crippen LogP) is 4.79. The Balaban J connectivity index is 1.97. The van der Waals surface area contributed by atoms with Crippen LogP contribution in [0.1, 0.15) is 21.5 Å². The molecule has 3 rings (SSSR count). The molecule has 0 radical (unpaired) electrons. The molecular formula is C27H28F3NO8S. The Morgan fingerprint density at radius 2 is 1.45 bits per heavy atom. The van der Waals surface area contributed by atoms with Crippen molar-refractivity contribution in [1.29, 1.82) is 0 Å². The number of carbonyl (C=O) groups is 1. The van der Waals surface area contributed by atoms with Crippen LogP contribution in [0.25, 0.3) is 0 Å². The highest BCUT2D eigenvalue weighted by molar-refractivity contribution is 7.87. The lowest BCUT2D eigenvalue weighted by Gasteiger charge is -2.25. The molecule has 0 aliphatic rings. The van der Waals surface area contributed by atoms with Gasteiger partial charge in [0.1, 0.15) is 22.0 Å². The minimum absolute atomic E-state index is 0.0143. The number of ether oxygens (including phenoxy) is 4. The van der Waals surface area contributed by atoms with E-state index in [-0.39, 0.29) is 48.3 Å². The minimum Gasteiger partial charge on any atom is -0.496 e. The first-order valence-corrected chi connectivity index (χ1v) is 13.1. The zero-order chi connectivity index (χ0) is 29.5. The summed E-state index contributed by atoms with van der Waals surface area (Å²) in [7, 11) is 0.916. The number of halogens is 3. The number of methoxy groups -OCH3 is 4. The molecule has 0 fully saturated rings. The van der Waals surface area contributed by atoms with Gasteiger partial charge in [0.2, 0.25) is 0 Å². The standard InChI is InChI=1S/C27H28F3NO8S/c1-35-14-13-31(26(32)25-22(37-3)9-6-10-23(25)38-4)17-18-11-12-21(36-2)24(15-18)39-40(33,34)20-8-5-7-19(16-20)27(28,29)30/h5-12,15-16H,13-14,17H2,1-4H3. The third-order valence-electron chi connectivity index (χ3n) is 5.75. The first-order valence-electron chi connectivity index (χ1n) is 11.7. The van der Waals surface area contributed by atoms with E-state index in [4.69, 9.17) is 23.1 Å². The van der Waals surface area contributed by atoms with Crippen LogP contribution in [0.3, 0.4) is 0 Å². The number of hydrogen-bond donors (Lipinski definition) is 0. The quantitative estimate of drug-likeness (QED) is 0.281. The third-order valence-corrected chi connectivity index (χ3v) is 6.98. The smallest absolute Gasteiger partial charge is 0.416 e. The van der Waals surface area contributed by atoms with Gasteiger partial charge in [-0.15, -0.1) is 0 Å². The van der Waals surface area contributed by atoms with Gasteiger partial charge < -0.3 is 28.0 Å². The number of nitrogens with zero attached hydrogens (tertiary/aromatic N) is 1.